The van der Waals surface area contributed by atoms with Crippen LogP contribution in [0.3, 0.4) is 0 Å². The molecule has 1 aliphatic rings. The molecule has 0 bridgehead atoms. The Morgan fingerprint density at radius 3 is 3.12 bits per heavy atom. The van der Waals surface area contributed by atoms with Crippen LogP contribution < -0.4 is 10.1 Å². The fourth-order valence-electron chi connectivity index (χ4n) is 1.80. The molecule has 1 unspecified atom stereocenters. The van der Waals surface area contributed by atoms with E-state index in [2.05, 4.69) is 22.2 Å². The highest BCUT2D eigenvalue weighted by molar-refractivity contribution is 5.37. The van der Waals surface area contributed by atoms with Crippen molar-refractivity contribution in [3.8, 4) is 5.88 Å². The van der Waals surface area contributed by atoms with Gasteiger partial charge in [-0.3, -0.25) is 0 Å². The van der Waals surface area contributed by atoms with Crippen molar-refractivity contribution in [2.75, 3.05) is 25.6 Å². The number of anilines is 1. The minimum Gasteiger partial charge on any atom is -0.481 e. The van der Waals surface area contributed by atoms with Crippen LogP contribution in [0.4, 0.5) is 5.82 Å². The summed E-state index contributed by atoms with van der Waals surface area (Å²) < 4.78 is 10.7. The summed E-state index contributed by atoms with van der Waals surface area (Å²) in [6.45, 7) is 3.73. The first-order valence-corrected chi connectivity index (χ1v) is 5.46. The Balaban J connectivity index is 1.93. The molecule has 1 fully saturated rings. The van der Waals surface area contributed by atoms with Crippen LogP contribution in [0.5, 0.6) is 5.88 Å². The van der Waals surface area contributed by atoms with Gasteiger partial charge in [0.25, 0.3) is 0 Å². The van der Waals surface area contributed by atoms with Crippen molar-refractivity contribution in [2.45, 2.75) is 25.4 Å². The van der Waals surface area contributed by atoms with Gasteiger partial charge in [-0.1, -0.05) is 0 Å². The number of nitrogens with one attached hydrogen (secondary N) is 1. The van der Waals surface area contributed by atoms with Crippen molar-refractivity contribution >= 4 is 5.82 Å². The van der Waals surface area contributed by atoms with E-state index in [-0.39, 0.29) is 5.60 Å². The van der Waals surface area contributed by atoms with Gasteiger partial charge in [-0.25, -0.2) is 9.97 Å². The molecule has 1 N–H and O–H groups in total. The monoisotopic (exact) mass is 223 g/mol. The van der Waals surface area contributed by atoms with E-state index in [1.165, 1.54) is 6.33 Å². The van der Waals surface area contributed by atoms with Crippen molar-refractivity contribution in [2.24, 2.45) is 0 Å². The molecule has 1 aliphatic heterocycles. The molecular formula is C11H17N3O2. The number of hydrogen-bond acceptors (Lipinski definition) is 5. The largest absolute Gasteiger partial charge is 0.481 e. The van der Waals surface area contributed by atoms with E-state index in [1.54, 1.807) is 13.2 Å². The molecule has 0 aliphatic carbocycles. The van der Waals surface area contributed by atoms with Crippen molar-refractivity contribution in [3.63, 3.8) is 0 Å². The van der Waals surface area contributed by atoms with Gasteiger partial charge in [0.05, 0.1) is 12.7 Å². The van der Waals surface area contributed by atoms with Crippen LogP contribution in [0, 0.1) is 0 Å². The second-order valence-electron chi connectivity index (χ2n) is 4.20. The summed E-state index contributed by atoms with van der Waals surface area (Å²) in [6.07, 6.45) is 3.70. The van der Waals surface area contributed by atoms with Crippen LogP contribution in [-0.4, -0.2) is 35.8 Å². The van der Waals surface area contributed by atoms with Gasteiger partial charge in [0.1, 0.15) is 12.1 Å². The van der Waals surface area contributed by atoms with Gasteiger partial charge in [-0.05, 0) is 19.8 Å². The zero-order valence-electron chi connectivity index (χ0n) is 9.69. The summed E-state index contributed by atoms with van der Waals surface area (Å²) in [7, 11) is 1.59. The fourth-order valence-corrected chi connectivity index (χ4v) is 1.80. The lowest BCUT2D eigenvalue weighted by Gasteiger charge is -2.23. The van der Waals surface area contributed by atoms with E-state index in [0.29, 0.717) is 5.88 Å². The lowest BCUT2D eigenvalue weighted by molar-refractivity contribution is 0.0314. The first-order valence-electron chi connectivity index (χ1n) is 5.46. The second-order valence-corrected chi connectivity index (χ2v) is 4.20. The van der Waals surface area contributed by atoms with E-state index >= 15 is 0 Å². The average molecular weight is 223 g/mol. The number of hydrogen-bond donors (Lipinski definition) is 1. The van der Waals surface area contributed by atoms with Crippen LogP contribution in [0.25, 0.3) is 0 Å². The van der Waals surface area contributed by atoms with Crippen LogP contribution in [0.2, 0.25) is 0 Å². The number of methoxy groups -OCH3 is 1. The number of nitrogens with zero attached hydrogens (tertiary/aromatic N) is 2. The molecule has 88 valence electrons. The van der Waals surface area contributed by atoms with Crippen LogP contribution in [0.1, 0.15) is 19.8 Å². The third-order valence-corrected chi connectivity index (χ3v) is 2.80. The van der Waals surface area contributed by atoms with Crippen LogP contribution >= 0.6 is 0 Å². The van der Waals surface area contributed by atoms with Crippen molar-refractivity contribution in [1.29, 1.82) is 0 Å². The molecule has 2 rings (SSSR count). The lowest BCUT2D eigenvalue weighted by atomic mass is 10.0. The maximum atomic E-state index is 5.68. The predicted molar refractivity (Wildman–Crippen MR) is 60.7 cm³/mol. The van der Waals surface area contributed by atoms with Gasteiger partial charge >= 0.3 is 0 Å². The van der Waals surface area contributed by atoms with Gasteiger partial charge in [0.15, 0.2) is 0 Å². The summed E-state index contributed by atoms with van der Waals surface area (Å²) in [5.41, 5.74) is -0.0712. The third kappa shape index (κ3) is 2.61. The van der Waals surface area contributed by atoms with Crippen molar-refractivity contribution in [1.82, 2.24) is 9.97 Å². The molecule has 0 amide bonds. The zero-order valence-corrected chi connectivity index (χ0v) is 9.69. The van der Waals surface area contributed by atoms with E-state index in [1.807, 2.05) is 0 Å². The number of ether oxygens (including phenoxy) is 2. The Hall–Kier alpha value is -1.36. The molecule has 0 radical (unpaired) electrons. The average Bonchev–Trinajstić information content (AvgIpc) is 2.75. The Labute approximate surface area is 95.2 Å². The SMILES string of the molecule is COc1cc(NCC2(C)CCCO2)ncn1. The number of aromatic nitrogens is 2. The Morgan fingerprint density at radius 2 is 2.44 bits per heavy atom. The summed E-state index contributed by atoms with van der Waals surface area (Å²) in [5, 5.41) is 3.25. The highest BCUT2D eigenvalue weighted by Gasteiger charge is 2.29. The summed E-state index contributed by atoms with van der Waals surface area (Å²) in [5.74, 6) is 1.33. The molecule has 0 spiro atoms. The quantitative estimate of drug-likeness (QED) is 0.837. The molecule has 5 nitrogen and oxygen atoms in total. The molecule has 0 saturated carbocycles. The normalized spacial score (nSPS) is 24.4. The van der Waals surface area contributed by atoms with E-state index < -0.39 is 0 Å². The molecule has 16 heavy (non-hydrogen) atoms. The standard InChI is InChI=1S/C11H17N3O2/c1-11(4-3-5-16-11)7-12-9-6-10(15-2)14-8-13-9/h6,8H,3-5,7H2,1-2H3,(H,12,13,14). The fraction of sp³-hybridized carbons (Fsp3) is 0.636. The Morgan fingerprint density at radius 1 is 1.56 bits per heavy atom. The highest BCUT2D eigenvalue weighted by Crippen LogP contribution is 2.25. The molecular weight excluding hydrogens is 206 g/mol. The Kier molecular flexibility index (Phi) is 3.24. The first kappa shape index (κ1) is 11.1. The summed E-state index contributed by atoms with van der Waals surface area (Å²) in [6, 6.07) is 1.78. The summed E-state index contributed by atoms with van der Waals surface area (Å²) in [4.78, 5) is 8.07. The van der Waals surface area contributed by atoms with E-state index in [9.17, 15) is 0 Å². The number of rotatable bonds is 4. The van der Waals surface area contributed by atoms with E-state index in [4.69, 9.17) is 9.47 Å². The highest BCUT2D eigenvalue weighted by atomic mass is 16.5. The minimum absolute atomic E-state index is 0.0712. The molecule has 0 aromatic carbocycles. The minimum atomic E-state index is -0.0712. The molecule has 2 heterocycles. The smallest absolute Gasteiger partial charge is 0.218 e. The molecule has 1 saturated heterocycles. The van der Waals surface area contributed by atoms with Crippen molar-refractivity contribution in [3.05, 3.63) is 12.4 Å². The topological polar surface area (TPSA) is 56.3 Å². The molecule has 1 aromatic rings. The van der Waals surface area contributed by atoms with Crippen LogP contribution in [0.15, 0.2) is 12.4 Å². The van der Waals surface area contributed by atoms with Gasteiger partial charge in [-0.15, -0.1) is 0 Å². The third-order valence-electron chi connectivity index (χ3n) is 2.80. The first-order chi connectivity index (χ1) is 7.72. The maximum absolute atomic E-state index is 5.68. The maximum Gasteiger partial charge on any atom is 0.218 e. The summed E-state index contributed by atoms with van der Waals surface area (Å²) >= 11 is 0. The van der Waals surface area contributed by atoms with Crippen LogP contribution in [-0.2, 0) is 4.74 Å². The lowest BCUT2D eigenvalue weighted by Crippen LogP contribution is -2.32. The molecule has 1 aromatic heterocycles. The van der Waals surface area contributed by atoms with Gasteiger partial charge in [-0.2, -0.15) is 0 Å². The van der Waals surface area contributed by atoms with Crippen molar-refractivity contribution < 1.29 is 9.47 Å². The van der Waals surface area contributed by atoms with Gasteiger partial charge in [0, 0.05) is 19.2 Å². The second kappa shape index (κ2) is 4.65. The van der Waals surface area contributed by atoms with Gasteiger partial charge < -0.3 is 14.8 Å². The van der Waals surface area contributed by atoms with Gasteiger partial charge in [0.2, 0.25) is 5.88 Å². The molecule has 1 atom stereocenters. The van der Waals surface area contributed by atoms with E-state index in [0.717, 1.165) is 31.8 Å². The zero-order chi connectivity index (χ0) is 11.4. The Bertz CT molecular complexity index is 351. The predicted octanol–water partition coefficient (Wildman–Crippen LogP) is 1.47. The molecule has 5 heteroatoms.